The highest BCUT2D eigenvalue weighted by Gasteiger charge is 2.56. The molecule has 0 aliphatic heterocycles. The quantitative estimate of drug-likeness (QED) is 0.523. The van der Waals surface area contributed by atoms with Gasteiger partial charge in [-0.15, -0.1) is 0 Å². The van der Waals surface area contributed by atoms with Gasteiger partial charge in [0.15, 0.2) is 5.60 Å². The van der Waals surface area contributed by atoms with Crippen LogP contribution >= 0.6 is 0 Å². The van der Waals surface area contributed by atoms with Gasteiger partial charge < -0.3 is 19.3 Å². The second-order valence-electron chi connectivity index (χ2n) is 7.82. The van der Waals surface area contributed by atoms with Crippen molar-refractivity contribution >= 4 is 0 Å². The van der Waals surface area contributed by atoms with E-state index < -0.39 is 35.9 Å². The number of hydrogen-bond donors (Lipinski definition) is 1. The van der Waals surface area contributed by atoms with E-state index in [1.165, 1.54) is 45.6 Å². The summed E-state index contributed by atoms with van der Waals surface area (Å²) in [6, 6.07) is 8.15. The lowest BCUT2D eigenvalue weighted by Gasteiger charge is -2.40. The molecule has 0 aliphatic carbocycles. The molecule has 31 heavy (non-hydrogen) atoms. The Kier molecular flexibility index (Phi) is 7.47. The molecule has 0 aliphatic rings. The molecule has 0 saturated heterocycles. The first kappa shape index (κ1) is 24.8. The first-order chi connectivity index (χ1) is 14.4. The molecule has 2 aromatic rings. The van der Waals surface area contributed by atoms with E-state index in [4.69, 9.17) is 14.2 Å². The van der Waals surface area contributed by atoms with Crippen LogP contribution in [0.15, 0.2) is 36.4 Å². The molecule has 0 amide bonds. The summed E-state index contributed by atoms with van der Waals surface area (Å²) in [6.07, 6.45) is -6.22. The average molecular weight is 444 g/mol. The Balaban J connectivity index is 2.57. The molecule has 2 atom stereocenters. The lowest BCUT2D eigenvalue weighted by molar-refractivity contribution is -0.267. The summed E-state index contributed by atoms with van der Waals surface area (Å²) >= 11 is 0. The molecule has 2 unspecified atom stereocenters. The SMILES string of the molecule is CCC(C)(CC(O)(Cc1cc(OC)ccc1OC)C(F)(F)F)c1cc(F)ccc1OC. The van der Waals surface area contributed by atoms with Crippen molar-refractivity contribution in [3.8, 4) is 17.2 Å². The fourth-order valence-corrected chi connectivity index (χ4v) is 3.81. The third kappa shape index (κ3) is 5.23. The molecule has 1 N–H and O–H groups in total. The fourth-order valence-electron chi connectivity index (χ4n) is 3.81. The first-order valence-electron chi connectivity index (χ1n) is 9.77. The number of halogens is 4. The third-order valence-corrected chi connectivity index (χ3v) is 5.77. The maximum atomic E-state index is 14.2. The van der Waals surface area contributed by atoms with Crippen LogP contribution in [0.5, 0.6) is 17.2 Å². The zero-order valence-corrected chi connectivity index (χ0v) is 18.3. The lowest BCUT2D eigenvalue weighted by atomic mass is 9.70. The molecular formula is C23H28F4O4. The van der Waals surface area contributed by atoms with E-state index in [0.717, 1.165) is 6.07 Å². The Labute approximate surface area is 179 Å². The van der Waals surface area contributed by atoms with Crippen molar-refractivity contribution in [2.24, 2.45) is 0 Å². The molecule has 0 aromatic heterocycles. The van der Waals surface area contributed by atoms with Gasteiger partial charge >= 0.3 is 6.18 Å². The maximum Gasteiger partial charge on any atom is 0.417 e. The molecule has 0 fully saturated rings. The molecular weight excluding hydrogens is 416 g/mol. The second-order valence-corrected chi connectivity index (χ2v) is 7.82. The molecule has 0 spiro atoms. The van der Waals surface area contributed by atoms with Crippen LogP contribution in [0.2, 0.25) is 0 Å². The summed E-state index contributed by atoms with van der Waals surface area (Å²) in [5.41, 5.74) is -3.94. The highest BCUT2D eigenvalue weighted by molar-refractivity contribution is 5.43. The number of ether oxygens (including phenoxy) is 3. The van der Waals surface area contributed by atoms with E-state index in [-0.39, 0.29) is 29.0 Å². The number of methoxy groups -OCH3 is 3. The standard InChI is InChI=1S/C23H28F4O4/c1-6-21(2,18-12-16(24)7-9-20(18)31-5)14-22(28,23(25,26)27)13-15-11-17(29-3)8-10-19(15)30-4/h7-12,28H,6,13-14H2,1-5H3. The minimum atomic E-state index is -4.96. The lowest BCUT2D eigenvalue weighted by Crippen LogP contribution is -2.51. The van der Waals surface area contributed by atoms with Gasteiger partial charge in [0.1, 0.15) is 23.1 Å². The minimum Gasteiger partial charge on any atom is -0.497 e. The molecule has 2 rings (SSSR count). The zero-order chi connectivity index (χ0) is 23.4. The molecule has 0 saturated carbocycles. The third-order valence-electron chi connectivity index (χ3n) is 5.77. The summed E-state index contributed by atoms with van der Waals surface area (Å²) in [6.45, 7) is 3.25. The summed E-state index contributed by atoms with van der Waals surface area (Å²) < 4.78 is 72.2. The Bertz CT molecular complexity index is 900. The molecule has 0 heterocycles. The van der Waals surface area contributed by atoms with Gasteiger partial charge in [0.05, 0.1) is 21.3 Å². The van der Waals surface area contributed by atoms with Gasteiger partial charge in [0.25, 0.3) is 0 Å². The van der Waals surface area contributed by atoms with Gasteiger partial charge in [0, 0.05) is 17.5 Å². The molecule has 0 radical (unpaired) electrons. The summed E-state index contributed by atoms with van der Waals surface area (Å²) in [5, 5.41) is 11.0. The minimum absolute atomic E-state index is 0.145. The van der Waals surface area contributed by atoms with Crippen LogP contribution in [-0.4, -0.2) is 38.2 Å². The van der Waals surface area contributed by atoms with Crippen molar-refractivity contribution in [3.05, 3.63) is 53.3 Å². The zero-order valence-electron chi connectivity index (χ0n) is 18.3. The maximum absolute atomic E-state index is 14.2. The van der Waals surface area contributed by atoms with E-state index in [0.29, 0.717) is 5.75 Å². The summed E-state index contributed by atoms with van der Waals surface area (Å²) in [5.74, 6) is 0.199. The van der Waals surface area contributed by atoms with Crippen molar-refractivity contribution in [3.63, 3.8) is 0 Å². The van der Waals surface area contributed by atoms with Gasteiger partial charge in [-0.25, -0.2) is 4.39 Å². The fraction of sp³-hybridized carbons (Fsp3) is 0.478. The van der Waals surface area contributed by atoms with Crippen LogP contribution in [0.25, 0.3) is 0 Å². The van der Waals surface area contributed by atoms with Gasteiger partial charge in [-0.2, -0.15) is 13.2 Å². The van der Waals surface area contributed by atoms with Gasteiger partial charge in [0.2, 0.25) is 0 Å². The van der Waals surface area contributed by atoms with Gasteiger partial charge in [-0.3, -0.25) is 0 Å². The average Bonchev–Trinajstić information content (AvgIpc) is 2.72. The Hall–Kier alpha value is -2.48. The van der Waals surface area contributed by atoms with E-state index in [9.17, 15) is 22.7 Å². The predicted molar refractivity (Wildman–Crippen MR) is 109 cm³/mol. The highest BCUT2D eigenvalue weighted by atomic mass is 19.4. The van der Waals surface area contributed by atoms with Gasteiger partial charge in [-0.05, 0) is 54.7 Å². The van der Waals surface area contributed by atoms with E-state index in [2.05, 4.69) is 0 Å². The van der Waals surface area contributed by atoms with Crippen LogP contribution in [-0.2, 0) is 11.8 Å². The topological polar surface area (TPSA) is 47.9 Å². The van der Waals surface area contributed by atoms with Crippen LogP contribution in [0.4, 0.5) is 17.6 Å². The van der Waals surface area contributed by atoms with Gasteiger partial charge in [-0.1, -0.05) is 13.8 Å². The molecule has 2 aromatic carbocycles. The summed E-state index contributed by atoms with van der Waals surface area (Å²) in [7, 11) is 4.10. The number of rotatable bonds is 9. The van der Waals surface area contributed by atoms with E-state index in [1.807, 2.05) is 0 Å². The van der Waals surface area contributed by atoms with Crippen LogP contribution in [0.3, 0.4) is 0 Å². The van der Waals surface area contributed by atoms with Crippen molar-refractivity contribution in [2.45, 2.75) is 50.3 Å². The molecule has 4 nitrogen and oxygen atoms in total. The molecule has 0 bridgehead atoms. The molecule has 172 valence electrons. The van der Waals surface area contributed by atoms with E-state index >= 15 is 0 Å². The van der Waals surface area contributed by atoms with Crippen molar-refractivity contribution in [2.75, 3.05) is 21.3 Å². The van der Waals surface area contributed by atoms with Crippen LogP contribution < -0.4 is 14.2 Å². The Morgan fingerprint density at radius 3 is 2.03 bits per heavy atom. The molecule has 8 heteroatoms. The van der Waals surface area contributed by atoms with Crippen LogP contribution in [0.1, 0.15) is 37.8 Å². The second kappa shape index (κ2) is 9.34. The number of hydrogen-bond acceptors (Lipinski definition) is 4. The van der Waals surface area contributed by atoms with E-state index in [1.54, 1.807) is 19.9 Å². The van der Waals surface area contributed by atoms with Crippen molar-refractivity contribution < 1.29 is 36.9 Å². The van der Waals surface area contributed by atoms with Crippen LogP contribution in [0, 0.1) is 5.82 Å². The number of benzene rings is 2. The number of aliphatic hydroxyl groups is 1. The number of alkyl halides is 3. The summed E-state index contributed by atoms with van der Waals surface area (Å²) in [4.78, 5) is 0. The first-order valence-corrected chi connectivity index (χ1v) is 9.77. The Morgan fingerprint density at radius 2 is 1.52 bits per heavy atom. The monoisotopic (exact) mass is 444 g/mol. The highest BCUT2D eigenvalue weighted by Crippen LogP contribution is 2.47. The largest absolute Gasteiger partial charge is 0.497 e. The Morgan fingerprint density at radius 1 is 0.903 bits per heavy atom. The van der Waals surface area contributed by atoms with Crippen molar-refractivity contribution in [1.29, 1.82) is 0 Å². The predicted octanol–water partition coefficient (Wildman–Crippen LogP) is 5.45. The smallest absolute Gasteiger partial charge is 0.417 e. The van der Waals surface area contributed by atoms with Crippen molar-refractivity contribution in [1.82, 2.24) is 0 Å². The normalized spacial score (nSPS) is 15.7.